The molecule has 1 heterocycles. The predicted octanol–water partition coefficient (Wildman–Crippen LogP) is 1.51. The normalized spacial score (nSPS) is 13.8. The van der Waals surface area contributed by atoms with Crippen molar-refractivity contribution in [1.82, 2.24) is 15.5 Å². The fourth-order valence-electron chi connectivity index (χ4n) is 2.84. The van der Waals surface area contributed by atoms with E-state index in [-0.39, 0.29) is 24.9 Å². The molecule has 0 spiro atoms. The smallest absolute Gasteiger partial charge is 0.318 e. The van der Waals surface area contributed by atoms with Crippen LogP contribution in [0.15, 0.2) is 24.3 Å². The molecule has 0 unspecified atom stereocenters. The van der Waals surface area contributed by atoms with Gasteiger partial charge >= 0.3 is 12.0 Å². The second kappa shape index (κ2) is 8.00. The molecule has 1 aromatic carbocycles. The minimum absolute atomic E-state index is 0.0210. The van der Waals surface area contributed by atoms with Gasteiger partial charge in [0.1, 0.15) is 0 Å². The SMILES string of the molecule is CC(C)(CCC(=O)O)NC(=O)CNC(=O)N1CCc2ccccc2C1. The van der Waals surface area contributed by atoms with Gasteiger partial charge in [0.15, 0.2) is 0 Å². The molecule has 1 aliphatic rings. The van der Waals surface area contributed by atoms with Crippen LogP contribution in [0.4, 0.5) is 4.79 Å². The standard InChI is InChI=1S/C18H25N3O4/c1-18(2,9-7-16(23)24)20-15(22)11-19-17(25)21-10-8-13-5-3-4-6-14(13)12-21/h3-6H,7-12H2,1-2H3,(H,19,25)(H,20,22)(H,23,24). The fourth-order valence-corrected chi connectivity index (χ4v) is 2.84. The highest BCUT2D eigenvalue weighted by atomic mass is 16.4. The number of amides is 3. The van der Waals surface area contributed by atoms with Crippen LogP contribution in [0, 0.1) is 0 Å². The number of nitrogens with one attached hydrogen (secondary N) is 2. The van der Waals surface area contributed by atoms with E-state index in [1.165, 1.54) is 5.56 Å². The number of carboxylic acids is 1. The Kier molecular flexibility index (Phi) is 6.01. The number of carbonyl (C=O) groups excluding carboxylic acids is 2. The van der Waals surface area contributed by atoms with Crippen LogP contribution < -0.4 is 10.6 Å². The quantitative estimate of drug-likeness (QED) is 0.726. The molecule has 0 aliphatic carbocycles. The zero-order valence-corrected chi connectivity index (χ0v) is 14.7. The lowest BCUT2D eigenvalue weighted by atomic mass is 9.98. The van der Waals surface area contributed by atoms with Crippen molar-refractivity contribution in [3.8, 4) is 0 Å². The van der Waals surface area contributed by atoms with Gasteiger partial charge in [-0.2, -0.15) is 0 Å². The Balaban J connectivity index is 1.78. The monoisotopic (exact) mass is 347 g/mol. The molecule has 7 nitrogen and oxygen atoms in total. The van der Waals surface area contributed by atoms with E-state index in [0.29, 0.717) is 19.5 Å². The molecule has 0 bridgehead atoms. The average molecular weight is 347 g/mol. The summed E-state index contributed by atoms with van der Waals surface area (Å²) in [7, 11) is 0. The van der Waals surface area contributed by atoms with E-state index in [1.54, 1.807) is 18.7 Å². The molecule has 0 aromatic heterocycles. The highest BCUT2D eigenvalue weighted by Gasteiger charge is 2.23. The van der Waals surface area contributed by atoms with Crippen LogP contribution >= 0.6 is 0 Å². The number of aliphatic carboxylic acids is 1. The Bertz CT molecular complexity index is 657. The fraction of sp³-hybridized carbons (Fsp3) is 0.500. The Hall–Kier alpha value is -2.57. The first-order chi connectivity index (χ1) is 11.8. The summed E-state index contributed by atoms with van der Waals surface area (Å²) in [5.74, 6) is -1.23. The minimum Gasteiger partial charge on any atom is -0.481 e. The third kappa shape index (κ3) is 5.77. The van der Waals surface area contributed by atoms with Crippen molar-refractivity contribution < 1.29 is 19.5 Å². The number of benzene rings is 1. The maximum Gasteiger partial charge on any atom is 0.318 e. The van der Waals surface area contributed by atoms with E-state index in [1.807, 2.05) is 18.2 Å². The van der Waals surface area contributed by atoms with E-state index in [0.717, 1.165) is 12.0 Å². The molecule has 25 heavy (non-hydrogen) atoms. The molecule has 1 aliphatic heterocycles. The highest BCUT2D eigenvalue weighted by Crippen LogP contribution is 2.18. The van der Waals surface area contributed by atoms with Crippen LogP contribution in [0.1, 0.15) is 37.8 Å². The van der Waals surface area contributed by atoms with Gasteiger partial charge in [-0.25, -0.2) is 4.79 Å². The molecule has 0 fully saturated rings. The van der Waals surface area contributed by atoms with Crippen molar-refractivity contribution >= 4 is 17.9 Å². The van der Waals surface area contributed by atoms with E-state index in [4.69, 9.17) is 5.11 Å². The van der Waals surface area contributed by atoms with Crippen LogP contribution in [0.25, 0.3) is 0 Å². The second-order valence-electron chi connectivity index (χ2n) is 6.92. The van der Waals surface area contributed by atoms with E-state index in [2.05, 4.69) is 16.7 Å². The molecular weight excluding hydrogens is 322 g/mol. The van der Waals surface area contributed by atoms with Crippen molar-refractivity contribution in [2.24, 2.45) is 0 Å². The summed E-state index contributed by atoms with van der Waals surface area (Å²) in [4.78, 5) is 36.6. The number of hydrogen-bond donors (Lipinski definition) is 3. The topological polar surface area (TPSA) is 98.7 Å². The summed E-state index contributed by atoms with van der Waals surface area (Å²) in [6.45, 7) is 4.55. The Morgan fingerprint density at radius 1 is 1.20 bits per heavy atom. The molecule has 0 saturated heterocycles. The minimum atomic E-state index is -0.902. The molecule has 2 rings (SSSR count). The van der Waals surface area contributed by atoms with Crippen LogP contribution in [0.2, 0.25) is 0 Å². The maximum atomic E-state index is 12.3. The molecule has 1 aromatic rings. The van der Waals surface area contributed by atoms with E-state index >= 15 is 0 Å². The number of urea groups is 1. The van der Waals surface area contributed by atoms with Crippen molar-refractivity contribution in [2.75, 3.05) is 13.1 Å². The van der Waals surface area contributed by atoms with Gasteiger partial charge < -0.3 is 20.6 Å². The molecule has 0 saturated carbocycles. The van der Waals surface area contributed by atoms with Crippen molar-refractivity contribution in [1.29, 1.82) is 0 Å². The van der Waals surface area contributed by atoms with Crippen molar-refractivity contribution in [3.05, 3.63) is 35.4 Å². The van der Waals surface area contributed by atoms with Gasteiger partial charge in [-0.15, -0.1) is 0 Å². The molecular formula is C18H25N3O4. The van der Waals surface area contributed by atoms with Gasteiger partial charge in [-0.05, 0) is 37.8 Å². The molecule has 136 valence electrons. The van der Waals surface area contributed by atoms with Gasteiger partial charge in [-0.1, -0.05) is 24.3 Å². The van der Waals surface area contributed by atoms with Crippen molar-refractivity contribution in [3.63, 3.8) is 0 Å². The zero-order chi connectivity index (χ0) is 18.4. The van der Waals surface area contributed by atoms with E-state index in [9.17, 15) is 14.4 Å². The summed E-state index contributed by atoms with van der Waals surface area (Å²) in [6, 6.07) is 7.75. The largest absolute Gasteiger partial charge is 0.481 e. The number of hydrogen-bond acceptors (Lipinski definition) is 3. The summed E-state index contributed by atoms with van der Waals surface area (Å²) in [6.07, 6.45) is 1.11. The lowest BCUT2D eigenvalue weighted by Crippen LogP contribution is -2.50. The Labute approximate surface area is 147 Å². The van der Waals surface area contributed by atoms with Crippen molar-refractivity contribution in [2.45, 2.75) is 45.2 Å². The molecule has 0 radical (unpaired) electrons. The van der Waals surface area contributed by atoms with Gasteiger partial charge in [0.25, 0.3) is 0 Å². The lowest BCUT2D eigenvalue weighted by Gasteiger charge is -2.29. The first kappa shape index (κ1) is 18.8. The average Bonchev–Trinajstić information content (AvgIpc) is 2.57. The highest BCUT2D eigenvalue weighted by molar-refractivity contribution is 5.84. The number of carboxylic acid groups (broad SMARTS) is 1. The van der Waals surface area contributed by atoms with Crippen LogP contribution in [0.3, 0.4) is 0 Å². The summed E-state index contributed by atoms with van der Waals surface area (Å²) < 4.78 is 0. The number of carbonyl (C=O) groups is 3. The van der Waals surface area contributed by atoms with Crippen LogP contribution in [-0.2, 0) is 22.6 Å². The summed E-state index contributed by atoms with van der Waals surface area (Å²) >= 11 is 0. The molecule has 7 heteroatoms. The zero-order valence-electron chi connectivity index (χ0n) is 14.7. The van der Waals surface area contributed by atoms with Gasteiger partial charge in [0.2, 0.25) is 5.91 Å². The molecule has 3 N–H and O–H groups in total. The number of fused-ring (bicyclic) bond motifs is 1. The van der Waals surface area contributed by atoms with Crippen LogP contribution in [-0.4, -0.2) is 46.5 Å². The van der Waals surface area contributed by atoms with Gasteiger partial charge in [-0.3, -0.25) is 9.59 Å². The lowest BCUT2D eigenvalue weighted by molar-refractivity contribution is -0.137. The Morgan fingerprint density at radius 3 is 2.56 bits per heavy atom. The first-order valence-electron chi connectivity index (χ1n) is 8.39. The Morgan fingerprint density at radius 2 is 1.88 bits per heavy atom. The maximum absolute atomic E-state index is 12.3. The third-order valence-electron chi connectivity index (χ3n) is 4.26. The van der Waals surface area contributed by atoms with E-state index < -0.39 is 11.5 Å². The number of nitrogens with zero attached hydrogens (tertiary/aromatic N) is 1. The summed E-state index contributed by atoms with van der Waals surface area (Å²) in [5, 5.41) is 14.1. The number of rotatable bonds is 6. The summed E-state index contributed by atoms with van der Waals surface area (Å²) in [5.41, 5.74) is 1.75. The first-order valence-corrected chi connectivity index (χ1v) is 8.39. The molecule has 0 atom stereocenters. The van der Waals surface area contributed by atoms with Crippen LogP contribution in [0.5, 0.6) is 0 Å². The third-order valence-corrected chi connectivity index (χ3v) is 4.26. The second-order valence-corrected chi connectivity index (χ2v) is 6.92. The van der Waals surface area contributed by atoms with Gasteiger partial charge in [0.05, 0.1) is 6.54 Å². The van der Waals surface area contributed by atoms with Gasteiger partial charge in [0, 0.05) is 25.0 Å². The predicted molar refractivity (Wildman–Crippen MR) is 93.0 cm³/mol. The molecule has 3 amide bonds.